The molecule has 5 nitrogen and oxygen atoms in total. The number of pyridine rings is 1. The van der Waals surface area contributed by atoms with Crippen LogP contribution in [0.4, 0.5) is 0 Å². The van der Waals surface area contributed by atoms with Crippen LogP contribution in [-0.2, 0) is 0 Å². The van der Waals surface area contributed by atoms with E-state index in [4.69, 9.17) is 15.1 Å². The number of nitrogens with zero attached hydrogens (tertiary/aromatic N) is 2. The van der Waals surface area contributed by atoms with E-state index >= 15 is 0 Å². The maximum atomic E-state index is 11.1. The molecule has 0 unspecified atom stereocenters. The second-order valence-corrected chi connectivity index (χ2v) is 3.86. The summed E-state index contributed by atoms with van der Waals surface area (Å²) in [6.07, 6.45) is 1.37. The second kappa shape index (κ2) is 5.19. The van der Waals surface area contributed by atoms with Gasteiger partial charge in [0, 0.05) is 12.3 Å². The quantitative estimate of drug-likeness (QED) is 0.910. The van der Waals surface area contributed by atoms with Gasteiger partial charge in [0.05, 0.1) is 5.56 Å². The minimum Gasteiger partial charge on any atom is -0.478 e. The molecule has 0 aliphatic carbocycles. The van der Waals surface area contributed by atoms with Crippen LogP contribution in [0.1, 0.15) is 21.5 Å². The Bertz CT molecular complexity index is 657. The smallest absolute Gasteiger partial charge is 0.339 e. The second-order valence-electron chi connectivity index (χ2n) is 3.86. The van der Waals surface area contributed by atoms with Crippen molar-refractivity contribution in [1.29, 1.82) is 5.26 Å². The fraction of sp³-hybridized carbons (Fsp3) is 0.0714. The molecule has 1 N–H and O–H groups in total. The van der Waals surface area contributed by atoms with E-state index in [9.17, 15) is 4.79 Å². The Hall–Kier alpha value is -2.87. The Labute approximate surface area is 109 Å². The van der Waals surface area contributed by atoms with E-state index in [0.717, 1.165) is 0 Å². The zero-order chi connectivity index (χ0) is 13.8. The van der Waals surface area contributed by atoms with Crippen LogP contribution in [0.3, 0.4) is 0 Å². The molecule has 1 heterocycles. The molecular formula is C14H10N2O3. The summed E-state index contributed by atoms with van der Waals surface area (Å²) in [6, 6.07) is 9.90. The van der Waals surface area contributed by atoms with Crippen LogP contribution < -0.4 is 4.74 Å². The molecule has 19 heavy (non-hydrogen) atoms. The van der Waals surface area contributed by atoms with Gasteiger partial charge < -0.3 is 9.84 Å². The number of rotatable bonds is 3. The number of nitriles is 1. The summed E-state index contributed by atoms with van der Waals surface area (Å²) in [4.78, 5) is 15.1. The van der Waals surface area contributed by atoms with Gasteiger partial charge in [-0.3, -0.25) is 0 Å². The van der Waals surface area contributed by atoms with Gasteiger partial charge in [-0.2, -0.15) is 5.26 Å². The lowest BCUT2D eigenvalue weighted by Gasteiger charge is -2.10. The SMILES string of the molecule is Cc1cccc(C(=O)O)c1Oc1ccc(C#N)cn1. The van der Waals surface area contributed by atoms with Gasteiger partial charge in [0.25, 0.3) is 0 Å². The number of carbonyl (C=O) groups is 1. The average molecular weight is 254 g/mol. The molecule has 2 rings (SSSR count). The predicted molar refractivity (Wildman–Crippen MR) is 67.2 cm³/mol. The summed E-state index contributed by atoms with van der Waals surface area (Å²) in [6.45, 7) is 1.76. The van der Waals surface area contributed by atoms with Crippen molar-refractivity contribution in [3.8, 4) is 17.7 Å². The highest BCUT2D eigenvalue weighted by atomic mass is 16.5. The zero-order valence-electron chi connectivity index (χ0n) is 10.1. The van der Waals surface area contributed by atoms with Gasteiger partial charge in [-0.25, -0.2) is 9.78 Å². The largest absolute Gasteiger partial charge is 0.478 e. The molecule has 0 aliphatic rings. The fourth-order valence-corrected chi connectivity index (χ4v) is 1.57. The summed E-state index contributed by atoms with van der Waals surface area (Å²) in [5.74, 6) is -0.560. The number of benzene rings is 1. The van der Waals surface area contributed by atoms with E-state index in [0.29, 0.717) is 11.1 Å². The van der Waals surface area contributed by atoms with Crippen molar-refractivity contribution in [2.24, 2.45) is 0 Å². The lowest BCUT2D eigenvalue weighted by atomic mass is 10.1. The molecule has 0 fully saturated rings. The topological polar surface area (TPSA) is 83.2 Å². The number of para-hydroxylation sites is 1. The monoisotopic (exact) mass is 254 g/mol. The zero-order valence-corrected chi connectivity index (χ0v) is 10.1. The molecule has 0 spiro atoms. The van der Waals surface area contributed by atoms with Crippen molar-refractivity contribution in [2.45, 2.75) is 6.92 Å². The van der Waals surface area contributed by atoms with Gasteiger partial charge in [-0.15, -0.1) is 0 Å². The van der Waals surface area contributed by atoms with Gasteiger partial charge in [-0.1, -0.05) is 12.1 Å². The number of aromatic carboxylic acids is 1. The molecule has 0 atom stereocenters. The van der Waals surface area contributed by atoms with Crippen LogP contribution in [-0.4, -0.2) is 16.1 Å². The van der Waals surface area contributed by atoms with Gasteiger partial charge in [0.2, 0.25) is 5.88 Å². The number of aryl methyl sites for hydroxylation is 1. The summed E-state index contributed by atoms with van der Waals surface area (Å²) in [5.41, 5.74) is 1.19. The van der Waals surface area contributed by atoms with E-state index in [2.05, 4.69) is 4.98 Å². The highest BCUT2D eigenvalue weighted by Crippen LogP contribution is 2.28. The number of hydrogen-bond acceptors (Lipinski definition) is 4. The Balaban J connectivity index is 2.37. The molecule has 0 amide bonds. The molecule has 0 bridgehead atoms. The molecule has 94 valence electrons. The first-order chi connectivity index (χ1) is 9.11. The van der Waals surface area contributed by atoms with Crippen LogP contribution >= 0.6 is 0 Å². The predicted octanol–water partition coefficient (Wildman–Crippen LogP) is 2.75. The lowest BCUT2D eigenvalue weighted by Crippen LogP contribution is -2.02. The first-order valence-corrected chi connectivity index (χ1v) is 5.48. The molecule has 0 radical (unpaired) electrons. The van der Waals surface area contributed by atoms with Crippen molar-refractivity contribution < 1.29 is 14.6 Å². The molecular weight excluding hydrogens is 244 g/mol. The number of ether oxygens (including phenoxy) is 1. The third-order valence-electron chi connectivity index (χ3n) is 2.51. The highest BCUT2D eigenvalue weighted by molar-refractivity contribution is 5.91. The van der Waals surface area contributed by atoms with Crippen molar-refractivity contribution in [3.05, 3.63) is 53.2 Å². The molecule has 2 aromatic rings. The van der Waals surface area contributed by atoms with Crippen molar-refractivity contribution in [1.82, 2.24) is 4.98 Å². The van der Waals surface area contributed by atoms with Gasteiger partial charge in [0.15, 0.2) is 0 Å². The molecule has 0 saturated heterocycles. The maximum Gasteiger partial charge on any atom is 0.339 e. The Morgan fingerprint density at radius 1 is 1.37 bits per heavy atom. The minimum atomic E-state index is -1.06. The number of carboxylic acids is 1. The molecule has 5 heteroatoms. The lowest BCUT2D eigenvalue weighted by molar-refractivity contribution is 0.0694. The van der Waals surface area contributed by atoms with Gasteiger partial charge in [-0.05, 0) is 24.6 Å². The Morgan fingerprint density at radius 3 is 2.74 bits per heavy atom. The molecule has 1 aromatic heterocycles. The van der Waals surface area contributed by atoms with E-state index in [-0.39, 0.29) is 17.2 Å². The normalized spacial score (nSPS) is 9.68. The van der Waals surface area contributed by atoms with E-state index in [1.807, 2.05) is 6.07 Å². The maximum absolute atomic E-state index is 11.1. The van der Waals surface area contributed by atoms with Gasteiger partial charge in [0.1, 0.15) is 17.4 Å². The third kappa shape index (κ3) is 2.69. The fourth-order valence-electron chi connectivity index (χ4n) is 1.57. The number of hydrogen-bond donors (Lipinski definition) is 1. The molecule has 1 aromatic carbocycles. The van der Waals surface area contributed by atoms with Crippen LogP contribution in [0.2, 0.25) is 0 Å². The van der Waals surface area contributed by atoms with Crippen LogP contribution in [0.15, 0.2) is 36.5 Å². The first kappa shape index (κ1) is 12.6. The first-order valence-electron chi connectivity index (χ1n) is 5.48. The van der Waals surface area contributed by atoms with Crippen molar-refractivity contribution in [2.75, 3.05) is 0 Å². The highest BCUT2D eigenvalue weighted by Gasteiger charge is 2.14. The van der Waals surface area contributed by atoms with Crippen molar-refractivity contribution in [3.63, 3.8) is 0 Å². The number of carboxylic acid groups (broad SMARTS) is 1. The molecule has 0 saturated carbocycles. The average Bonchev–Trinajstić information content (AvgIpc) is 2.41. The third-order valence-corrected chi connectivity index (χ3v) is 2.51. The summed E-state index contributed by atoms with van der Waals surface area (Å²) < 4.78 is 5.50. The standard InChI is InChI=1S/C14H10N2O3/c1-9-3-2-4-11(14(17)18)13(9)19-12-6-5-10(7-15)8-16-12/h2-6,8H,1H3,(H,17,18). The number of aromatic nitrogens is 1. The minimum absolute atomic E-state index is 0.0751. The van der Waals surface area contributed by atoms with Gasteiger partial charge >= 0.3 is 5.97 Å². The summed E-state index contributed by atoms with van der Waals surface area (Å²) >= 11 is 0. The van der Waals surface area contributed by atoms with Crippen LogP contribution in [0.25, 0.3) is 0 Å². The summed E-state index contributed by atoms with van der Waals surface area (Å²) in [5, 5.41) is 17.8. The van der Waals surface area contributed by atoms with E-state index < -0.39 is 5.97 Å². The summed E-state index contributed by atoms with van der Waals surface area (Å²) in [7, 11) is 0. The van der Waals surface area contributed by atoms with E-state index in [1.54, 1.807) is 25.1 Å². The Morgan fingerprint density at radius 2 is 2.16 bits per heavy atom. The molecule has 0 aliphatic heterocycles. The Kier molecular flexibility index (Phi) is 3.44. The van der Waals surface area contributed by atoms with E-state index in [1.165, 1.54) is 18.3 Å². The van der Waals surface area contributed by atoms with Crippen LogP contribution in [0, 0.1) is 18.3 Å². The van der Waals surface area contributed by atoms with Crippen LogP contribution in [0.5, 0.6) is 11.6 Å². The van der Waals surface area contributed by atoms with Crippen molar-refractivity contribution >= 4 is 5.97 Å².